The molecule has 0 unspecified atom stereocenters. The molecule has 8 heteroatoms. The highest BCUT2D eigenvalue weighted by Gasteiger charge is 2.11. The first-order chi connectivity index (χ1) is 10.3. The third-order valence-corrected chi connectivity index (χ3v) is 2.81. The number of nitrogens with one attached hydrogen (secondary N) is 1. The molecule has 3 heterocycles. The molecule has 0 aliphatic rings. The van der Waals surface area contributed by atoms with Crippen molar-refractivity contribution >= 4 is 5.95 Å². The highest BCUT2D eigenvalue weighted by molar-refractivity contribution is 5.51. The van der Waals surface area contributed by atoms with Crippen molar-refractivity contribution in [1.29, 1.82) is 0 Å². The van der Waals surface area contributed by atoms with Crippen LogP contribution in [0, 0.1) is 0 Å². The molecule has 0 aliphatic heterocycles. The number of rotatable bonds is 5. The molecule has 0 atom stereocenters. The molecule has 0 saturated heterocycles. The predicted molar refractivity (Wildman–Crippen MR) is 77.9 cm³/mol. The van der Waals surface area contributed by atoms with Gasteiger partial charge in [0.05, 0.1) is 0 Å². The molecule has 108 valence electrons. The van der Waals surface area contributed by atoms with Gasteiger partial charge >= 0.3 is 0 Å². The molecular weight excluding hydrogens is 268 g/mol. The van der Waals surface area contributed by atoms with E-state index < -0.39 is 0 Å². The van der Waals surface area contributed by atoms with Crippen molar-refractivity contribution in [2.75, 3.05) is 11.9 Å². The molecule has 0 saturated carbocycles. The van der Waals surface area contributed by atoms with Crippen LogP contribution >= 0.6 is 0 Å². The van der Waals surface area contributed by atoms with Gasteiger partial charge in [-0.15, -0.1) is 0 Å². The van der Waals surface area contributed by atoms with Crippen LogP contribution in [0.15, 0.2) is 30.7 Å². The Labute approximate surface area is 121 Å². The fourth-order valence-corrected chi connectivity index (χ4v) is 1.82. The average molecular weight is 284 g/mol. The lowest BCUT2D eigenvalue weighted by Crippen LogP contribution is -2.11. The Morgan fingerprint density at radius 2 is 2.10 bits per heavy atom. The Morgan fingerprint density at radius 3 is 2.76 bits per heavy atom. The van der Waals surface area contributed by atoms with Gasteiger partial charge < -0.3 is 5.32 Å². The maximum atomic E-state index is 4.43. The summed E-state index contributed by atoms with van der Waals surface area (Å²) in [4.78, 5) is 13.2. The summed E-state index contributed by atoms with van der Waals surface area (Å²) in [5.74, 6) is 1.52. The van der Waals surface area contributed by atoms with Crippen molar-refractivity contribution in [3.63, 3.8) is 0 Å². The quantitative estimate of drug-likeness (QED) is 0.759. The van der Waals surface area contributed by atoms with E-state index >= 15 is 0 Å². The Balaban J connectivity index is 2.04. The number of aromatic nitrogens is 7. The second-order valence-electron chi connectivity index (χ2n) is 4.53. The van der Waals surface area contributed by atoms with Crippen molar-refractivity contribution < 1.29 is 0 Å². The molecule has 0 aromatic carbocycles. The van der Waals surface area contributed by atoms with E-state index in [0.29, 0.717) is 23.4 Å². The lowest BCUT2D eigenvalue weighted by atomic mass is 10.4. The molecule has 8 nitrogen and oxygen atoms in total. The van der Waals surface area contributed by atoms with Crippen molar-refractivity contribution in [2.24, 2.45) is 7.05 Å². The summed E-state index contributed by atoms with van der Waals surface area (Å²) in [7, 11) is 1.86. The topological polar surface area (TPSA) is 86.3 Å². The van der Waals surface area contributed by atoms with Crippen LogP contribution in [0.1, 0.15) is 13.3 Å². The van der Waals surface area contributed by atoms with Gasteiger partial charge in [0.2, 0.25) is 5.95 Å². The van der Waals surface area contributed by atoms with Crippen LogP contribution in [0.25, 0.3) is 17.5 Å². The summed E-state index contributed by atoms with van der Waals surface area (Å²) < 4.78 is 3.32. The van der Waals surface area contributed by atoms with E-state index in [-0.39, 0.29) is 0 Å². The maximum Gasteiger partial charge on any atom is 0.255 e. The molecule has 3 aromatic heterocycles. The number of nitrogens with zero attached hydrogens (tertiary/aromatic N) is 7. The molecule has 0 bridgehead atoms. The van der Waals surface area contributed by atoms with E-state index in [1.807, 2.05) is 25.4 Å². The number of aryl methyl sites for hydroxylation is 1. The second-order valence-corrected chi connectivity index (χ2v) is 4.53. The van der Waals surface area contributed by atoms with Gasteiger partial charge in [0.15, 0.2) is 5.82 Å². The van der Waals surface area contributed by atoms with Crippen LogP contribution in [0.2, 0.25) is 0 Å². The van der Waals surface area contributed by atoms with Crippen molar-refractivity contribution in [3.8, 4) is 17.5 Å². The molecule has 0 radical (unpaired) electrons. The van der Waals surface area contributed by atoms with Gasteiger partial charge in [-0.25, -0.2) is 4.68 Å². The SMILES string of the molecule is CCCNc1nc(-c2ccn(C)n2)nc(-n2cccn2)n1. The lowest BCUT2D eigenvalue weighted by Gasteiger charge is -2.07. The Kier molecular flexibility index (Phi) is 3.59. The second kappa shape index (κ2) is 5.70. The standard InChI is InChI=1S/C13H16N8/c1-3-6-14-12-16-11(10-5-9-20(2)19-10)17-13(18-12)21-8-4-7-15-21/h4-5,7-9H,3,6H2,1-2H3,(H,14,16,17,18). The normalized spacial score (nSPS) is 10.8. The van der Waals surface area contributed by atoms with Crippen LogP contribution < -0.4 is 5.32 Å². The molecule has 1 N–H and O–H groups in total. The first-order valence-electron chi connectivity index (χ1n) is 6.76. The summed E-state index contributed by atoms with van der Waals surface area (Å²) in [5.41, 5.74) is 0.702. The number of hydrogen-bond donors (Lipinski definition) is 1. The first-order valence-corrected chi connectivity index (χ1v) is 6.76. The van der Waals surface area contributed by atoms with Crippen LogP contribution in [0.3, 0.4) is 0 Å². The lowest BCUT2D eigenvalue weighted by molar-refractivity contribution is 0.763. The van der Waals surface area contributed by atoms with E-state index in [0.717, 1.165) is 13.0 Å². The van der Waals surface area contributed by atoms with Gasteiger partial charge in [-0.1, -0.05) is 6.92 Å². The smallest absolute Gasteiger partial charge is 0.255 e. The van der Waals surface area contributed by atoms with Gasteiger partial charge in [-0.2, -0.15) is 25.1 Å². The number of anilines is 1. The highest BCUT2D eigenvalue weighted by Crippen LogP contribution is 2.15. The molecule has 0 spiro atoms. The molecule has 0 amide bonds. The minimum absolute atomic E-state index is 0.467. The van der Waals surface area contributed by atoms with Crippen LogP contribution in [-0.4, -0.2) is 41.1 Å². The van der Waals surface area contributed by atoms with E-state index in [4.69, 9.17) is 0 Å². The maximum absolute atomic E-state index is 4.43. The Morgan fingerprint density at radius 1 is 1.19 bits per heavy atom. The predicted octanol–water partition coefficient (Wildman–Crippen LogP) is 1.28. The van der Waals surface area contributed by atoms with Gasteiger partial charge in [0, 0.05) is 32.2 Å². The van der Waals surface area contributed by atoms with E-state index in [9.17, 15) is 0 Å². The summed E-state index contributed by atoms with van der Waals surface area (Å²) in [5, 5.41) is 11.7. The van der Waals surface area contributed by atoms with E-state index in [1.165, 1.54) is 0 Å². The van der Waals surface area contributed by atoms with Gasteiger partial charge in [0.1, 0.15) is 5.69 Å². The van der Waals surface area contributed by atoms with Crippen LogP contribution in [-0.2, 0) is 7.05 Å². The Hall–Kier alpha value is -2.77. The molecule has 21 heavy (non-hydrogen) atoms. The minimum atomic E-state index is 0.467. The Bertz CT molecular complexity index is 716. The molecule has 0 fully saturated rings. The van der Waals surface area contributed by atoms with E-state index in [2.05, 4.69) is 37.4 Å². The zero-order chi connectivity index (χ0) is 14.7. The third kappa shape index (κ3) is 2.88. The van der Waals surface area contributed by atoms with Gasteiger partial charge in [-0.05, 0) is 18.6 Å². The largest absolute Gasteiger partial charge is 0.354 e. The molecule has 3 aromatic rings. The zero-order valence-electron chi connectivity index (χ0n) is 11.9. The molecular formula is C13H16N8. The summed E-state index contributed by atoms with van der Waals surface area (Å²) in [6, 6.07) is 3.69. The monoisotopic (exact) mass is 284 g/mol. The van der Waals surface area contributed by atoms with Crippen molar-refractivity contribution in [3.05, 3.63) is 30.7 Å². The van der Waals surface area contributed by atoms with Gasteiger partial charge in [-0.3, -0.25) is 4.68 Å². The molecule has 3 rings (SSSR count). The summed E-state index contributed by atoms with van der Waals surface area (Å²) in [6.45, 7) is 2.88. The summed E-state index contributed by atoms with van der Waals surface area (Å²) >= 11 is 0. The highest BCUT2D eigenvalue weighted by atomic mass is 15.4. The molecule has 0 aliphatic carbocycles. The first kappa shape index (κ1) is 13.2. The fourth-order valence-electron chi connectivity index (χ4n) is 1.82. The summed E-state index contributed by atoms with van der Waals surface area (Å²) in [6.07, 6.45) is 6.32. The van der Waals surface area contributed by atoms with Crippen LogP contribution in [0.4, 0.5) is 5.95 Å². The third-order valence-electron chi connectivity index (χ3n) is 2.81. The van der Waals surface area contributed by atoms with E-state index in [1.54, 1.807) is 21.8 Å². The number of hydrogen-bond acceptors (Lipinski definition) is 6. The zero-order valence-corrected chi connectivity index (χ0v) is 11.9. The minimum Gasteiger partial charge on any atom is -0.354 e. The van der Waals surface area contributed by atoms with Gasteiger partial charge in [0.25, 0.3) is 5.95 Å². The van der Waals surface area contributed by atoms with Crippen molar-refractivity contribution in [2.45, 2.75) is 13.3 Å². The van der Waals surface area contributed by atoms with Crippen LogP contribution in [0.5, 0.6) is 0 Å². The average Bonchev–Trinajstić information content (AvgIpc) is 3.16. The van der Waals surface area contributed by atoms with Crippen molar-refractivity contribution in [1.82, 2.24) is 34.5 Å². The fraction of sp³-hybridized carbons (Fsp3) is 0.308.